The summed E-state index contributed by atoms with van der Waals surface area (Å²) in [5.74, 6) is 0.837. The first-order chi connectivity index (χ1) is 8.56. The summed E-state index contributed by atoms with van der Waals surface area (Å²) in [6.07, 6.45) is 0. The number of nitrogens with two attached hydrogens (primary N) is 1. The summed E-state index contributed by atoms with van der Waals surface area (Å²) in [6.45, 7) is 3.45. The molecule has 0 fully saturated rings. The fraction of sp³-hybridized carbons (Fsp3) is 0.308. The van der Waals surface area contributed by atoms with Crippen molar-refractivity contribution in [1.29, 1.82) is 0 Å². The number of rotatable bonds is 4. The van der Waals surface area contributed by atoms with Gasteiger partial charge in [0.1, 0.15) is 5.76 Å². The van der Waals surface area contributed by atoms with Crippen LogP contribution in [0.5, 0.6) is 0 Å². The minimum absolute atomic E-state index is 0.749. The highest BCUT2D eigenvalue weighted by Gasteiger charge is 2.08. The van der Waals surface area contributed by atoms with Crippen LogP contribution in [0.1, 0.15) is 17.0 Å². The third kappa shape index (κ3) is 3.11. The van der Waals surface area contributed by atoms with E-state index in [1.54, 1.807) is 0 Å². The van der Waals surface area contributed by atoms with Crippen LogP contribution in [0, 0.1) is 6.92 Å². The van der Waals surface area contributed by atoms with Gasteiger partial charge in [0, 0.05) is 29.3 Å². The number of hydrogen-bond donors (Lipinski definition) is 1. The van der Waals surface area contributed by atoms with E-state index in [4.69, 9.17) is 10.3 Å². The van der Waals surface area contributed by atoms with E-state index in [0.29, 0.717) is 0 Å². The predicted octanol–water partition coefficient (Wildman–Crippen LogP) is 2.96. The van der Waals surface area contributed by atoms with Crippen molar-refractivity contribution in [1.82, 2.24) is 10.1 Å². The predicted molar refractivity (Wildman–Crippen MR) is 75.0 cm³/mol. The number of anilines is 1. The normalized spacial score (nSPS) is 11.1. The van der Waals surface area contributed by atoms with Crippen molar-refractivity contribution in [2.24, 2.45) is 0 Å². The molecule has 0 atom stereocenters. The van der Waals surface area contributed by atoms with E-state index in [0.717, 1.165) is 40.3 Å². The Hall–Kier alpha value is -1.33. The van der Waals surface area contributed by atoms with Gasteiger partial charge >= 0.3 is 0 Å². The van der Waals surface area contributed by atoms with Crippen LogP contribution in [-0.2, 0) is 13.1 Å². The van der Waals surface area contributed by atoms with Crippen LogP contribution >= 0.6 is 15.9 Å². The zero-order valence-electron chi connectivity index (χ0n) is 10.5. The smallest absolute Gasteiger partial charge is 0.133 e. The van der Waals surface area contributed by atoms with Gasteiger partial charge < -0.3 is 10.3 Å². The molecule has 18 heavy (non-hydrogen) atoms. The molecule has 5 heteroatoms. The molecule has 0 aliphatic rings. The zero-order chi connectivity index (χ0) is 13.1. The largest absolute Gasteiger partial charge is 0.398 e. The molecule has 2 rings (SSSR count). The molecule has 0 unspecified atom stereocenters. The molecule has 2 aromatic rings. The van der Waals surface area contributed by atoms with E-state index in [9.17, 15) is 0 Å². The molecule has 4 nitrogen and oxygen atoms in total. The van der Waals surface area contributed by atoms with Gasteiger partial charge in [-0.25, -0.2) is 0 Å². The molecule has 0 amide bonds. The lowest BCUT2D eigenvalue weighted by atomic mass is 10.2. The van der Waals surface area contributed by atoms with Crippen molar-refractivity contribution >= 4 is 21.6 Å². The van der Waals surface area contributed by atoms with Gasteiger partial charge in [-0.1, -0.05) is 17.3 Å². The number of nitrogen functional groups attached to an aromatic ring is 1. The number of benzene rings is 1. The summed E-state index contributed by atoms with van der Waals surface area (Å²) in [4.78, 5) is 2.16. The van der Waals surface area contributed by atoms with Gasteiger partial charge in [-0.05, 0) is 41.5 Å². The molecule has 2 N–H and O–H groups in total. The van der Waals surface area contributed by atoms with E-state index in [1.807, 2.05) is 32.2 Å². The molecule has 1 aromatic heterocycles. The fourth-order valence-corrected chi connectivity index (χ4v) is 2.23. The summed E-state index contributed by atoms with van der Waals surface area (Å²) in [5, 5.41) is 3.98. The Labute approximate surface area is 115 Å². The van der Waals surface area contributed by atoms with E-state index in [-0.39, 0.29) is 0 Å². The third-order valence-corrected chi connectivity index (χ3v) is 3.62. The molecular weight excluding hydrogens is 294 g/mol. The summed E-state index contributed by atoms with van der Waals surface area (Å²) in [6, 6.07) is 7.86. The second-order valence-electron chi connectivity index (χ2n) is 4.42. The lowest BCUT2D eigenvalue weighted by Gasteiger charge is -2.16. The van der Waals surface area contributed by atoms with Crippen LogP contribution in [0.15, 0.2) is 33.3 Å². The van der Waals surface area contributed by atoms with Crippen LogP contribution < -0.4 is 5.73 Å². The molecule has 0 saturated heterocycles. The van der Waals surface area contributed by atoms with E-state index >= 15 is 0 Å². The number of hydrogen-bond acceptors (Lipinski definition) is 4. The van der Waals surface area contributed by atoms with Gasteiger partial charge in [-0.3, -0.25) is 4.90 Å². The summed E-state index contributed by atoms with van der Waals surface area (Å²) >= 11 is 3.51. The van der Waals surface area contributed by atoms with E-state index in [1.165, 1.54) is 0 Å². The van der Waals surface area contributed by atoms with E-state index in [2.05, 4.69) is 32.1 Å². The molecule has 0 bridgehead atoms. The molecule has 0 aliphatic carbocycles. The third-order valence-electron chi connectivity index (χ3n) is 2.66. The quantitative estimate of drug-likeness (QED) is 0.882. The molecule has 0 spiro atoms. The average molecular weight is 310 g/mol. The van der Waals surface area contributed by atoms with Gasteiger partial charge in [0.05, 0.1) is 5.69 Å². The molecule has 0 saturated carbocycles. The number of halogens is 1. The first-order valence-corrected chi connectivity index (χ1v) is 6.49. The molecule has 0 aliphatic heterocycles. The highest BCUT2D eigenvalue weighted by molar-refractivity contribution is 9.10. The average Bonchev–Trinajstić information content (AvgIpc) is 2.70. The zero-order valence-corrected chi connectivity index (χ0v) is 12.1. The van der Waals surface area contributed by atoms with Crippen LogP contribution in [-0.4, -0.2) is 17.1 Å². The van der Waals surface area contributed by atoms with Crippen LogP contribution in [0.4, 0.5) is 5.69 Å². The Morgan fingerprint density at radius 1 is 1.39 bits per heavy atom. The molecule has 0 radical (unpaired) electrons. The van der Waals surface area contributed by atoms with Gasteiger partial charge in [-0.2, -0.15) is 0 Å². The second-order valence-corrected chi connectivity index (χ2v) is 5.21. The topological polar surface area (TPSA) is 55.3 Å². The number of aryl methyl sites for hydroxylation is 1. The summed E-state index contributed by atoms with van der Waals surface area (Å²) in [7, 11) is 2.04. The molecule has 1 heterocycles. The van der Waals surface area contributed by atoms with E-state index < -0.39 is 0 Å². The van der Waals surface area contributed by atoms with Crippen molar-refractivity contribution in [3.05, 3.63) is 45.8 Å². The lowest BCUT2D eigenvalue weighted by molar-refractivity contribution is 0.301. The Morgan fingerprint density at radius 2 is 2.17 bits per heavy atom. The molecular formula is C13H16BrN3O. The molecule has 96 valence electrons. The van der Waals surface area contributed by atoms with Crippen molar-refractivity contribution in [2.75, 3.05) is 12.8 Å². The van der Waals surface area contributed by atoms with Crippen molar-refractivity contribution < 1.29 is 4.52 Å². The van der Waals surface area contributed by atoms with Gasteiger partial charge in [0.15, 0.2) is 0 Å². The Balaban J connectivity index is 2.03. The number of nitrogens with zero attached hydrogens (tertiary/aromatic N) is 2. The lowest BCUT2D eigenvalue weighted by Crippen LogP contribution is -2.17. The van der Waals surface area contributed by atoms with Crippen LogP contribution in [0.3, 0.4) is 0 Å². The highest BCUT2D eigenvalue weighted by atomic mass is 79.9. The first-order valence-electron chi connectivity index (χ1n) is 5.70. The monoisotopic (exact) mass is 309 g/mol. The maximum absolute atomic E-state index is 5.86. The Bertz CT molecular complexity index is 539. The second kappa shape index (κ2) is 5.54. The van der Waals surface area contributed by atoms with Crippen molar-refractivity contribution in [3.63, 3.8) is 0 Å². The maximum atomic E-state index is 5.86. The van der Waals surface area contributed by atoms with Gasteiger partial charge in [0.25, 0.3) is 0 Å². The fourth-order valence-electron chi connectivity index (χ4n) is 1.84. The highest BCUT2D eigenvalue weighted by Crippen LogP contribution is 2.24. The summed E-state index contributed by atoms with van der Waals surface area (Å²) < 4.78 is 6.02. The Morgan fingerprint density at radius 3 is 2.83 bits per heavy atom. The number of aromatic nitrogens is 1. The van der Waals surface area contributed by atoms with Crippen molar-refractivity contribution in [3.8, 4) is 0 Å². The minimum atomic E-state index is 0.749. The molecule has 1 aromatic carbocycles. The van der Waals surface area contributed by atoms with Gasteiger partial charge in [0.2, 0.25) is 0 Å². The van der Waals surface area contributed by atoms with Gasteiger partial charge in [-0.15, -0.1) is 0 Å². The van der Waals surface area contributed by atoms with Crippen molar-refractivity contribution in [2.45, 2.75) is 20.0 Å². The Kier molecular flexibility index (Phi) is 4.04. The maximum Gasteiger partial charge on any atom is 0.133 e. The van der Waals surface area contributed by atoms with Crippen LogP contribution in [0.2, 0.25) is 0 Å². The summed E-state index contributed by atoms with van der Waals surface area (Å²) in [5.41, 5.74) is 8.73. The van der Waals surface area contributed by atoms with Crippen LogP contribution in [0.25, 0.3) is 0 Å². The SMILES string of the molecule is Cc1cc(CN(C)Cc2cccc(N)c2Br)no1. The standard InChI is InChI=1S/C13H16BrN3O/c1-9-6-11(16-18-9)8-17(2)7-10-4-3-5-12(15)13(10)14/h3-6H,7-8,15H2,1-2H3. The first kappa shape index (κ1) is 13.1. The minimum Gasteiger partial charge on any atom is -0.398 e.